The summed E-state index contributed by atoms with van der Waals surface area (Å²) in [5, 5.41) is 3.50. The lowest BCUT2D eigenvalue weighted by atomic mass is 10.1. The summed E-state index contributed by atoms with van der Waals surface area (Å²) in [5.74, 6) is -2.28. The van der Waals surface area contributed by atoms with Gasteiger partial charge in [0, 0.05) is 17.9 Å². The fourth-order valence-electron chi connectivity index (χ4n) is 1.67. The Hall–Kier alpha value is -1.96. The molecule has 1 heterocycles. The maximum absolute atomic E-state index is 13.7. The van der Waals surface area contributed by atoms with E-state index >= 15 is 0 Å². The van der Waals surface area contributed by atoms with Crippen LogP contribution in [0.2, 0.25) is 0 Å². The first-order chi connectivity index (χ1) is 8.78. The Labute approximate surface area is 107 Å². The van der Waals surface area contributed by atoms with Gasteiger partial charge in [-0.1, -0.05) is 5.16 Å². The third-order valence-electron chi connectivity index (χ3n) is 2.39. The molecule has 2 N–H and O–H groups in total. The van der Waals surface area contributed by atoms with Crippen LogP contribution < -0.4 is 5.73 Å². The van der Waals surface area contributed by atoms with Gasteiger partial charge in [-0.2, -0.15) is 0 Å². The average molecular weight is 288 g/mol. The largest absolute Gasteiger partial charge is 0.367 e. The number of benzene rings is 1. The number of nitrogen functional groups attached to an aromatic ring is 1. The van der Waals surface area contributed by atoms with E-state index in [4.69, 9.17) is 5.73 Å². The normalized spacial score (nSPS) is 11.7. The van der Waals surface area contributed by atoms with Crippen molar-refractivity contribution >= 4 is 15.7 Å². The van der Waals surface area contributed by atoms with Crippen molar-refractivity contribution in [2.45, 2.75) is 5.75 Å². The summed E-state index contributed by atoms with van der Waals surface area (Å²) in [6.07, 6.45) is 1.00. The van der Waals surface area contributed by atoms with Crippen LogP contribution in [0.5, 0.6) is 0 Å². The molecule has 102 valence electrons. The maximum atomic E-state index is 13.7. The summed E-state index contributed by atoms with van der Waals surface area (Å²) in [5.41, 5.74) is 5.48. The number of rotatable bonds is 3. The molecule has 8 heteroatoms. The first-order valence-electron chi connectivity index (χ1n) is 5.15. The van der Waals surface area contributed by atoms with E-state index in [2.05, 4.69) is 9.68 Å². The van der Waals surface area contributed by atoms with Gasteiger partial charge >= 0.3 is 0 Å². The van der Waals surface area contributed by atoms with Crippen molar-refractivity contribution < 1.29 is 21.7 Å². The minimum Gasteiger partial charge on any atom is -0.367 e. The van der Waals surface area contributed by atoms with E-state index in [1.165, 1.54) is 0 Å². The third kappa shape index (κ3) is 2.90. The van der Waals surface area contributed by atoms with Crippen LogP contribution in [0.3, 0.4) is 0 Å². The number of nitrogens with zero attached hydrogens (tertiary/aromatic N) is 1. The van der Waals surface area contributed by atoms with Gasteiger partial charge in [0.1, 0.15) is 17.3 Å². The lowest BCUT2D eigenvalue weighted by Gasteiger charge is -2.03. The molecule has 1 aromatic heterocycles. The van der Waals surface area contributed by atoms with E-state index in [9.17, 15) is 17.2 Å². The molecule has 0 saturated carbocycles. The van der Waals surface area contributed by atoms with Gasteiger partial charge in [0.2, 0.25) is 5.88 Å². The van der Waals surface area contributed by atoms with E-state index in [-0.39, 0.29) is 22.7 Å². The van der Waals surface area contributed by atoms with Crippen LogP contribution in [-0.4, -0.2) is 19.8 Å². The minimum atomic E-state index is -3.39. The predicted octanol–water partition coefficient (Wildman–Crippen LogP) is 1.75. The second-order valence-corrected chi connectivity index (χ2v) is 6.20. The summed E-state index contributed by atoms with van der Waals surface area (Å²) in [6.45, 7) is 0. The Bertz CT molecular complexity index is 726. The zero-order chi connectivity index (χ0) is 14.2. The quantitative estimate of drug-likeness (QED) is 0.929. The topological polar surface area (TPSA) is 86.2 Å². The van der Waals surface area contributed by atoms with E-state index in [0.29, 0.717) is 6.07 Å². The SMILES string of the molecule is CS(=O)(=O)Cc1noc(N)c1-c1ccc(F)cc1F. The van der Waals surface area contributed by atoms with Crippen molar-refractivity contribution in [3.8, 4) is 11.1 Å². The molecule has 0 radical (unpaired) electrons. The summed E-state index contributed by atoms with van der Waals surface area (Å²) < 4.78 is 53.7. The van der Waals surface area contributed by atoms with Gasteiger partial charge in [0.25, 0.3) is 0 Å². The molecule has 0 aliphatic rings. The average Bonchev–Trinajstić information content (AvgIpc) is 2.58. The smallest absolute Gasteiger partial charge is 0.230 e. The van der Waals surface area contributed by atoms with Crippen molar-refractivity contribution in [2.75, 3.05) is 12.0 Å². The second-order valence-electron chi connectivity index (χ2n) is 4.06. The number of anilines is 1. The highest BCUT2D eigenvalue weighted by atomic mass is 32.2. The summed E-state index contributed by atoms with van der Waals surface area (Å²) in [4.78, 5) is 0. The molecule has 0 amide bonds. The summed E-state index contributed by atoms with van der Waals surface area (Å²) in [7, 11) is -3.39. The van der Waals surface area contributed by atoms with Gasteiger partial charge in [-0.3, -0.25) is 0 Å². The molecular formula is C11H10F2N2O3S. The van der Waals surface area contributed by atoms with Gasteiger partial charge in [0.15, 0.2) is 9.84 Å². The van der Waals surface area contributed by atoms with E-state index in [1.807, 2.05) is 0 Å². The highest BCUT2D eigenvalue weighted by Crippen LogP contribution is 2.32. The highest BCUT2D eigenvalue weighted by molar-refractivity contribution is 7.89. The third-order valence-corrected chi connectivity index (χ3v) is 3.19. The molecular weight excluding hydrogens is 278 g/mol. The number of sulfone groups is 1. The number of halogens is 2. The number of aromatic nitrogens is 1. The number of hydrogen-bond acceptors (Lipinski definition) is 5. The number of hydrogen-bond donors (Lipinski definition) is 1. The lowest BCUT2D eigenvalue weighted by Crippen LogP contribution is -2.03. The Kier molecular flexibility index (Phi) is 3.27. The molecule has 5 nitrogen and oxygen atoms in total. The monoisotopic (exact) mass is 288 g/mol. The Morgan fingerprint density at radius 1 is 1.37 bits per heavy atom. The first kappa shape index (κ1) is 13.5. The van der Waals surface area contributed by atoms with Crippen molar-refractivity contribution in [1.29, 1.82) is 0 Å². The first-order valence-corrected chi connectivity index (χ1v) is 7.21. The highest BCUT2D eigenvalue weighted by Gasteiger charge is 2.22. The lowest BCUT2D eigenvalue weighted by molar-refractivity contribution is 0.430. The van der Waals surface area contributed by atoms with Crippen molar-refractivity contribution in [3.63, 3.8) is 0 Å². The van der Waals surface area contributed by atoms with Crippen LogP contribution in [0.25, 0.3) is 11.1 Å². The van der Waals surface area contributed by atoms with Crippen LogP contribution >= 0.6 is 0 Å². The molecule has 0 saturated heterocycles. The summed E-state index contributed by atoms with van der Waals surface area (Å²) >= 11 is 0. The molecule has 0 unspecified atom stereocenters. The standard InChI is InChI=1S/C11H10F2N2O3S/c1-19(16,17)5-9-10(11(14)18-15-9)7-3-2-6(12)4-8(7)13/h2-4H,5,14H2,1H3. The van der Waals surface area contributed by atoms with Crippen molar-refractivity contribution in [1.82, 2.24) is 5.16 Å². The maximum Gasteiger partial charge on any atom is 0.230 e. The fraction of sp³-hybridized carbons (Fsp3) is 0.182. The van der Waals surface area contributed by atoms with Crippen LogP contribution in [0.1, 0.15) is 5.69 Å². The second kappa shape index (κ2) is 4.61. The fourth-order valence-corrected chi connectivity index (χ4v) is 2.36. The van der Waals surface area contributed by atoms with E-state index < -0.39 is 27.2 Å². The van der Waals surface area contributed by atoms with Crippen LogP contribution in [0, 0.1) is 11.6 Å². The molecule has 0 aliphatic heterocycles. The molecule has 0 aliphatic carbocycles. The Morgan fingerprint density at radius 3 is 2.63 bits per heavy atom. The number of nitrogens with two attached hydrogens (primary N) is 1. The molecule has 0 spiro atoms. The van der Waals surface area contributed by atoms with E-state index in [0.717, 1.165) is 18.4 Å². The zero-order valence-corrected chi connectivity index (χ0v) is 10.7. The van der Waals surface area contributed by atoms with Crippen molar-refractivity contribution in [3.05, 3.63) is 35.5 Å². The Balaban J connectivity index is 2.58. The van der Waals surface area contributed by atoms with Crippen molar-refractivity contribution in [2.24, 2.45) is 0 Å². The molecule has 19 heavy (non-hydrogen) atoms. The Morgan fingerprint density at radius 2 is 2.05 bits per heavy atom. The van der Waals surface area contributed by atoms with Gasteiger partial charge < -0.3 is 10.3 Å². The molecule has 0 bridgehead atoms. The molecule has 0 fully saturated rings. The molecule has 1 aromatic carbocycles. The zero-order valence-electron chi connectivity index (χ0n) is 9.85. The van der Waals surface area contributed by atoms with Crippen LogP contribution in [-0.2, 0) is 15.6 Å². The molecule has 2 aromatic rings. The van der Waals surface area contributed by atoms with E-state index in [1.54, 1.807) is 0 Å². The summed E-state index contributed by atoms with van der Waals surface area (Å²) in [6, 6.07) is 2.86. The van der Waals surface area contributed by atoms with Gasteiger partial charge in [-0.15, -0.1) is 0 Å². The predicted molar refractivity (Wildman–Crippen MR) is 64.8 cm³/mol. The minimum absolute atomic E-state index is 0.00879. The van der Waals surface area contributed by atoms with Gasteiger partial charge in [-0.25, -0.2) is 17.2 Å². The van der Waals surface area contributed by atoms with Gasteiger partial charge in [-0.05, 0) is 12.1 Å². The molecule has 2 rings (SSSR count). The van der Waals surface area contributed by atoms with Gasteiger partial charge in [0.05, 0.1) is 11.3 Å². The van der Waals surface area contributed by atoms with Crippen LogP contribution in [0.4, 0.5) is 14.7 Å². The molecule has 0 atom stereocenters. The van der Waals surface area contributed by atoms with Crippen LogP contribution in [0.15, 0.2) is 22.7 Å².